The first kappa shape index (κ1) is 11.1. The van der Waals surface area contributed by atoms with Gasteiger partial charge in [-0.15, -0.1) is 0 Å². The van der Waals surface area contributed by atoms with Crippen LogP contribution < -0.4 is 4.80 Å². The summed E-state index contributed by atoms with van der Waals surface area (Å²) in [6.07, 6.45) is 0.452. The van der Waals surface area contributed by atoms with E-state index >= 15 is 0 Å². The van der Waals surface area contributed by atoms with Gasteiger partial charge in [0.25, 0.3) is 0 Å². The Morgan fingerprint density at radius 3 is 2.88 bits per heavy atom. The molecule has 0 saturated carbocycles. The molecular weight excluding hydrogens is 220 g/mol. The third-order valence-corrected chi connectivity index (χ3v) is 3.64. The first-order valence-electron chi connectivity index (χ1n) is 5.26. The Labute approximate surface area is 98.1 Å². The van der Waals surface area contributed by atoms with Gasteiger partial charge in [0.2, 0.25) is 5.91 Å². The molecule has 84 valence electrons. The van der Waals surface area contributed by atoms with Crippen LogP contribution in [0.5, 0.6) is 0 Å². The monoisotopic (exact) mass is 234 g/mol. The zero-order chi connectivity index (χ0) is 11.7. The van der Waals surface area contributed by atoms with Gasteiger partial charge >= 0.3 is 0 Å². The number of carbonyl (C=O) groups is 1. The fourth-order valence-corrected chi connectivity index (χ4v) is 2.80. The Bertz CT molecular complexity index is 607. The molecule has 1 amide bonds. The van der Waals surface area contributed by atoms with E-state index in [1.807, 2.05) is 24.6 Å². The lowest BCUT2D eigenvalue weighted by Crippen LogP contribution is -2.13. The van der Waals surface area contributed by atoms with Crippen LogP contribution in [-0.4, -0.2) is 10.5 Å². The summed E-state index contributed by atoms with van der Waals surface area (Å²) in [6, 6.07) is 6.16. The summed E-state index contributed by atoms with van der Waals surface area (Å²) in [6.45, 7) is 3.89. The minimum absolute atomic E-state index is 0.0696. The van der Waals surface area contributed by atoms with Crippen molar-refractivity contribution in [3.8, 4) is 0 Å². The van der Waals surface area contributed by atoms with E-state index in [4.69, 9.17) is 0 Å². The molecule has 1 aromatic carbocycles. The lowest BCUT2D eigenvalue weighted by Gasteiger charge is -1.98. The summed E-state index contributed by atoms with van der Waals surface area (Å²) in [5.41, 5.74) is 2.37. The maximum atomic E-state index is 11.3. The summed E-state index contributed by atoms with van der Waals surface area (Å²) in [5, 5.41) is 0. The molecule has 4 heteroatoms. The highest BCUT2D eigenvalue weighted by molar-refractivity contribution is 7.16. The number of aromatic nitrogens is 1. The average molecular weight is 234 g/mol. The minimum Gasteiger partial charge on any atom is -0.319 e. The number of para-hydroxylation sites is 1. The molecule has 0 aliphatic carbocycles. The Hall–Kier alpha value is -1.42. The molecule has 0 aliphatic heterocycles. The molecular formula is C12H14N2OS. The lowest BCUT2D eigenvalue weighted by molar-refractivity contribution is -0.117. The molecule has 16 heavy (non-hydrogen) atoms. The highest BCUT2D eigenvalue weighted by Crippen LogP contribution is 2.19. The number of benzene rings is 1. The number of rotatable bonds is 1. The molecule has 1 heterocycles. The Kier molecular flexibility index (Phi) is 2.92. The second-order valence-corrected chi connectivity index (χ2v) is 4.73. The lowest BCUT2D eigenvalue weighted by atomic mass is 10.2. The van der Waals surface area contributed by atoms with Crippen LogP contribution in [0.2, 0.25) is 0 Å². The van der Waals surface area contributed by atoms with E-state index < -0.39 is 0 Å². The van der Waals surface area contributed by atoms with Crippen molar-refractivity contribution in [2.45, 2.75) is 20.3 Å². The highest BCUT2D eigenvalue weighted by Gasteiger charge is 2.05. The molecule has 0 unspecified atom stereocenters. The number of fused-ring (bicyclic) bond motifs is 1. The topological polar surface area (TPSA) is 34.4 Å². The zero-order valence-corrected chi connectivity index (χ0v) is 10.5. The van der Waals surface area contributed by atoms with E-state index in [9.17, 15) is 4.79 Å². The van der Waals surface area contributed by atoms with E-state index in [2.05, 4.69) is 24.0 Å². The van der Waals surface area contributed by atoms with Gasteiger partial charge in [0, 0.05) is 13.5 Å². The number of carbonyl (C=O) groups excluding carboxylic acids is 1. The highest BCUT2D eigenvalue weighted by atomic mass is 32.1. The predicted molar refractivity (Wildman–Crippen MR) is 66.4 cm³/mol. The summed E-state index contributed by atoms with van der Waals surface area (Å²) < 4.78 is 3.16. The van der Waals surface area contributed by atoms with Crippen LogP contribution in [0.15, 0.2) is 23.2 Å². The Morgan fingerprint density at radius 1 is 1.50 bits per heavy atom. The molecule has 0 saturated heterocycles. The summed E-state index contributed by atoms with van der Waals surface area (Å²) in [4.78, 5) is 16.2. The van der Waals surface area contributed by atoms with Crippen molar-refractivity contribution in [2.24, 2.45) is 12.0 Å². The number of hydrogen-bond donors (Lipinski definition) is 0. The van der Waals surface area contributed by atoms with Crippen molar-refractivity contribution in [3.05, 3.63) is 28.6 Å². The standard InChI is InChI=1S/C12H14N2OS/c1-4-10(15)13-12-14(3)11-8(2)6-5-7-9(11)16-12/h5-7H,4H2,1-3H3. The Balaban J connectivity index is 2.75. The van der Waals surface area contributed by atoms with Crippen LogP contribution in [0.25, 0.3) is 10.2 Å². The van der Waals surface area contributed by atoms with Gasteiger partial charge in [-0.25, -0.2) is 0 Å². The van der Waals surface area contributed by atoms with Crippen LogP contribution in [0.1, 0.15) is 18.9 Å². The summed E-state index contributed by atoms with van der Waals surface area (Å²) in [5.74, 6) is -0.0696. The normalized spacial score (nSPS) is 12.3. The number of thiazole rings is 1. The number of nitrogens with zero attached hydrogens (tertiary/aromatic N) is 2. The van der Waals surface area contributed by atoms with Crippen LogP contribution in [0.3, 0.4) is 0 Å². The molecule has 0 bridgehead atoms. The maximum absolute atomic E-state index is 11.3. The second kappa shape index (κ2) is 4.22. The van der Waals surface area contributed by atoms with Gasteiger partial charge in [-0.1, -0.05) is 30.4 Å². The molecule has 2 rings (SSSR count). The van der Waals surface area contributed by atoms with Gasteiger partial charge in [-0.05, 0) is 18.6 Å². The van der Waals surface area contributed by atoms with Crippen molar-refractivity contribution in [1.82, 2.24) is 4.57 Å². The molecule has 1 aromatic heterocycles. The summed E-state index contributed by atoms with van der Waals surface area (Å²) in [7, 11) is 1.95. The van der Waals surface area contributed by atoms with Gasteiger partial charge in [0.05, 0.1) is 10.2 Å². The van der Waals surface area contributed by atoms with Crippen molar-refractivity contribution in [2.75, 3.05) is 0 Å². The second-order valence-electron chi connectivity index (χ2n) is 3.72. The molecule has 0 radical (unpaired) electrons. The molecule has 0 spiro atoms. The largest absolute Gasteiger partial charge is 0.319 e. The van der Waals surface area contributed by atoms with Gasteiger partial charge in [-0.2, -0.15) is 4.99 Å². The molecule has 0 aliphatic rings. The predicted octanol–water partition coefficient (Wildman–Crippen LogP) is 2.39. The van der Waals surface area contributed by atoms with Crippen LogP contribution in [0.4, 0.5) is 0 Å². The molecule has 0 atom stereocenters. The fourth-order valence-electron chi connectivity index (χ4n) is 1.69. The van der Waals surface area contributed by atoms with Gasteiger partial charge in [0.1, 0.15) is 0 Å². The van der Waals surface area contributed by atoms with Crippen LogP contribution in [0, 0.1) is 6.92 Å². The van der Waals surface area contributed by atoms with E-state index in [-0.39, 0.29) is 5.91 Å². The molecule has 0 fully saturated rings. The minimum atomic E-state index is -0.0696. The van der Waals surface area contributed by atoms with Crippen molar-refractivity contribution >= 4 is 27.5 Å². The smallest absolute Gasteiger partial charge is 0.248 e. The maximum Gasteiger partial charge on any atom is 0.248 e. The van der Waals surface area contributed by atoms with E-state index in [0.717, 1.165) is 10.3 Å². The Morgan fingerprint density at radius 2 is 2.25 bits per heavy atom. The molecule has 2 aromatic rings. The van der Waals surface area contributed by atoms with E-state index in [1.54, 1.807) is 11.3 Å². The van der Waals surface area contributed by atoms with Crippen molar-refractivity contribution in [1.29, 1.82) is 0 Å². The van der Waals surface area contributed by atoms with E-state index in [1.165, 1.54) is 10.3 Å². The van der Waals surface area contributed by atoms with Crippen molar-refractivity contribution in [3.63, 3.8) is 0 Å². The number of amides is 1. The molecule has 0 N–H and O–H groups in total. The van der Waals surface area contributed by atoms with Gasteiger partial charge in [-0.3, -0.25) is 4.79 Å². The number of aryl methyl sites for hydroxylation is 2. The molecule has 3 nitrogen and oxygen atoms in total. The van der Waals surface area contributed by atoms with Crippen LogP contribution in [-0.2, 0) is 11.8 Å². The van der Waals surface area contributed by atoms with Gasteiger partial charge in [0.15, 0.2) is 4.80 Å². The zero-order valence-electron chi connectivity index (χ0n) is 9.65. The van der Waals surface area contributed by atoms with Gasteiger partial charge < -0.3 is 4.57 Å². The number of hydrogen-bond acceptors (Lipinski definition) is 2. The summed E-state index contributed by atoms with van der Waals surface area (Å²) >= 11 is 1.56. The first-order chi connectivity index (χ1) is 7.63. The SMILES string of the molecule is CCC(=O)N=c1sc2cccc(C)c2n1C. The van der Waals surface area contributed by atoms with Crippen molar-refractivity contribution < 1.29 is 4.79 Å². The van der Waals surface area contributed by atoms with Crippen LogP contribution >= 0.6 is 11.3 Å². The quantitative estimate of drug-likeness (QED) is 0.746. The average Bonchev–Trinajstić information content (AvgIpc) is 2.57. The third-order valence-electron chi connectivity index (χ3n) is 2.55. The fraction of sp³-hybridized carbons (Fsp3) is 0.333. The van der Waals surface area contributed by atoms with E-state index in [0.29, 0.717) is 6.42 Å². The first-order valence-corrected chi connectivity index (χ1v) is 6.08. The third kappa shape index (κ3) is 1.80.